The van der Waals surface area contributed by atoms with Crippen LogP contribution in [0.2, 0.25) is 0 Å². The van der Waals surface area contributed by atoms with E-state index in [1.54, 1.807) is 0 Å². The van der Waals surface area contributed by atoms with E-state index in [4.69, 9.17) is 28.3 Å². The van der Waals surface area contributed by atoms with E-state index >= 15 is 0 Å². The molecule has 0 bridgehead atoms. The molecule has 1 heterocycles. The Kier molecular flexibility index (Phi) is 1.41. The number of halogens is 2. The molecule has 2 N–H and O–H groups in total. The van der Waals surface area contributed by atoms with Crippen molar-refractivity contribution in [3.8, 4) is 0 Å². The molecule has 2 fully saturated rings. The molecule has 1 unspecified atom stereocenters. The van der Waals surface area contributed by atoms with Crippen molar-refractivity contribution in [3.63, 3.8) is 0 Å². The van der Waals surface area contributed by atoms with Crippen LogP contribution in [0.25, 0.3) is 0 Å². The molecule has 0 aromatic rings. The van der Waals surface area contributed by atoms with Gasteiger partial charge >= 0.3 is 5.97 Å². The Bertz CT molecular complexity index is 219. The van der Waals surface area contributed by atoms with Crippen molar-refractivity contribution in [2.24, 2.45) is 11.8 Å². The van der Waals surface area contributed by atoms with Crippen LogP contribution in [0.15, 0.2) is 0 Å². The summed E-state index contributed by atoms with van der Waals surface area (Å²) in [5.74, 6) is -0.823. The second-order valence-electron chi connectivity index (χ2n) is 3.03. The number of fused-ring (bicyclic) bond motifs is 1. The lowest BCUT2D eigenvalue weighted by molar-refractivity contribution is -0.139. The van der Waals surface area contributed by atoms with Crippen LogP contribution in [0.3, 0.4) is 0 Å². The average Bonchev–Trinajstić information content (AvgIpc) is 2.34. The summed E-state index contributed by atoms with van der Waals surface area (Å²) in [6.07, 6.45) is 0. The molecular formula is C6H7Cl2NO2. The van der Waals surface area contributed by atoms with E-state index < -0.39 is 16.3 Å². The fourth-order valence-electron chi connectivity index (χ4n) is 1.76. The summed E-state index contributed by atoms with van der Waals surface area (Å²) in [5, 5.41) is 11.5. The molecule has 1 saturated heterocycles. The minimum absolute atomic E-state index is 0.0941. The minimum atomic E-state index is -0.860. The van der Waals surface area contributed by atoms with Crippen molar-refractivity contribution < 1.29 is 9.90 Å². The Balaban J connectivity index is 2.13. The van der Waals surface area contributed by atoms with Crippen LogP contribution in [-0.2, 0) is 4.79 Å². The second-order valence-corrected chi connectivity index (χ2v) is 4.48. The molecule has 3 nitrogen and oxygen atoms in total. The molecule has 0 radical (unpaired) electrons. The van der Waals surface area contributed by atoms with Gasteiger partial charge < -0.3 is 10.4 Å². The summed E-state index contributed by atoms with van der Waals surface area (Å²) in [7, 11) is 0. The van der Waals surface area contributed by atoms with Crippen LogP contribution < -0.4 is 5.32 Å². The van der Waals surface area contributed by atoms with E-state index in [0.29, 0.717) is 6.54 Å². The third-order valence-electron chi connectivity index (χ3n) is 2.45. The second kappa shape index (κ2) is 2.03. The Morgan fingerprint density at radius 2 is 2.27 bits per heavy atom. The standard InChI is InChI=1S/C6H7Cl2NO2/c7-6(8)2-1-9-4(3(2)6)5(10)11/h2-4,9H,1H2,(H,10,11)/t2-,3?,4-/m0/s1. The lowest BCUT2D eigenvalue weighted by Crippen LogP contribution is -2.37. The summed E-state index contributed by atoms with van der Waals surface area (Å²) in [5.41, 5.74) is 0. The van der Waals surface area contributed by atoms with Crippen molar-refractivity contribution in [2.75, 3.05) is 6.54 Å². The molecule has 3 atom stereocenters. The summed E-state index contributed by atoms with van der Waals surface area (Å²) >= 11 is 11.6. The van der Waals surface area contributed by atoms with E-state index in [1.807, 2.05) is 0 Å². The lowest BCUT2D eigenvalue weighted by Gasteiger charge is -2.11. The highest BCUT2D eigenvalue weighted by Gasteiger charge is 2.70. The van der Waals surface area contributed by atoms with Crippen molar-refractivity contribution in [2.45, 2.75) is 10.4 Å². The molecule has 0 spiro atoms. The van der Waals surface area contributed by atoms with Crippen LogP contribution in [0.5, 0.6) is 0 Å². The van der Waals surface area contributed by atoms with Crippen molar-refractivity contribution in [1.29, 1.82) is 0 Å². The molecule has 1 aliphatic heterocycles. The van der Waals surface area contributed by atoms with Gasteiger partial charge in [0.25, 0.3) is 0 Å². The number of aliphatic carboxylic acids is 1. The number of hydrogen-bond donors (Lipinski definition) is 2. The predicted molar refractivity (Wildman–Crippen MR) is 40.8 cm³/mol. The van der Waals surface area contributed by atoms with E-state index in [2.05, 4.69) is 5.32 Å². The van der Waals surface area contributed by atoms with Crippen molar-refractivity contribution in [1.82, 2.24) is 5.32 Å². The predicted octanol–water partition coefficient (Wildman–Crippen LogP) is 0.463. The molecule has 62 valence electrons. The van der Waals surface area contributed by atoms with Gasteiger partial charge in [0.05, 0.1) is 0 Å². The van der Waals surface area contributed by atoms with Gasteiger partial charge in [-0.1, -0.05) is 0 Å². The van der Waals surface area contributed by atoms with Crippen LogP contribution >= 0.6 is 23.2 Å². The number of carbonyl (C=O) groups is 1. The fourth-order valence-corrected chi connectivity index (χ4v) is 2.61. The van der Waals surface area contributed by atoms with Crippen LogP contribution in [0.1, 0.15) is 0 Å². The topological polar surface area (TPSA) is 49.3 Å². The fraction of sp³-hybridized carbons (Fsp3) is 0.833. The molecule has 2 rings (SSSR count). The molecule has 0 aromatic carbocycles. The highest BCUT2D eigenvalue weighted by Crippen LogP contribution is 2.62. The van der Waals surface area contributed by atoms with E-state index in [1.165, 1.54) is 0 Å². The molecule has 1 saturated carbocycles. The Hall–Kier alpha value is 0.01000. The first-order valence-electron chi connectivity index (χ1n) is 3.39. The first-order chi connectivity index (χ1) is 5.05. The monoisotopic (exact) mass is 195 g/mol. The third kappa shape index (κ3) is 0.880. The maximum absolute atomic E-state index is 10.5. The SMILES string of the molecule is O=C(O)[C@H]1NC[C@H]2C1C2(Cl)Cl. The number of alkyl halides is 2. The third-order valence-corrected chi connectivity index (χ3v) is 3.51. The number of carboxylic acids is 1. The first-order valence-corrected chi connectivity index (χ1v) is 4.14. The molecule has 2 aliphatic rings. The molecule has 1 aliphatic carbocycles. The molecule has 0 aromatic heterocycles. The van der Waals surface area contributed by atoms with Gasteiger partial charge in [0.15, 0.2) is 0 Å². The zero-order chi connectivity index (χ0) is 8.22. The van der Waals surface area contributed by atoms with Gasteiger partial charge in [0.2, 0.25) is 0 Å². The number of carboxylic acid groups (broad SMARTS) is 1. The Morgan fingerprint density at radius 1 is 1.64 bits per heavy atom. The van der Waals surface area contributed by atoms with E-state index in [9.17, 15) is 4.79 Å². The number of piperidine rings is 1. The summed E-state index contributed by atoms with van der Waals surface area (Å²) < 4.78 is -0.783. The summed E-state index contributed by atoms with van der Waals surface area (Å²) in [6.45, 7) is 0.620. The van der Waals surface area contributed by atoms with Gasteiger partial charge in [0.1, 0.15) is 10.4 Å². The van der Waals surface area contributed by atoms with E-state index in [-0.39, 0.29) is 11.8 Å². The smallest absolute Gasteiger partial charge is 0.321 e. The van der Waals surface area contributed by atoms with Gasteiger partial charge in [-0.15, -0.1) is 23.2 Å². The van der Waals surface area contributed by atoms with Gasteiger partial charge in [-0.05, 0) is 0 Å². The van der Waals surface area contributed by atoms with Gasteiger partial charge in [-0.3, -0.25) is 4.79 Å². The van der Waals surface area contributed by atoms with Gasteiger partial charge in [0, 0.05) is 18.4 Å². The largest absolute Gasteiger partial charge is 0.480 e. The molecule has 0 amide bonds. The van der Waals surface area contributed by atoms with Gasteiger partial charge in [-0.25, -0.2) is 0 Å². The Morgan fingerprint density at radius 3 is 2.55 bits per heavy atom. The molecule has 5 heteroatoms. The maximum Gasteiger partial charge on any atom is 0.321 e. The highest BCUT2D eigenvalue weighted by molar-refractivity contribution is 6.51. The quantitative estimate of drug-likeness (QED) is 0.599. The average molecular weight is 196 g/mol. The number of rotatable bonds is 1. The lowest BCUT2D eigenvalue weighted by atomic mass is 10.2. The van der Waals surface area contributed by atoms with Crippen LogP contribution in [-0.4, -0.2) is 28.0 Å². The number of hydrogen-bond acceptors (Lipinski definition) is 2. The molecular weight excluding hydrogens is 189 g/mol. The van der Waals surface area contributed by atoms with Gasteiger partial charge in [-0.2, -0.15) is 0 Å². The van der Waals surface area contributed by atoms with E-state index in [0.717, 1.165) is 0 Å². The molecule has 11 heavy (non-hydrogen) atoms. The zero-order valence-corrected chi connectivity index (χ0v) is 7.06. The van der Waals surface area contributed by atoms with Crippen LogP contribution in [0, 0.1) is 11.8 Å². The zero-order valence-electron chi connectivity index (χ0n) is 5.55. The number of nitrogens with one attached hydrogen (secondary N) is 1. The maximum atomic E-state index is 10.5. The first kappa shape index (κ1) is 7.65. The minimum Gasteiger partial charge on any atom is -0.480 e. The van der Waals surface area contributed by atoms with Crippen molar-refractivity contribution >= 4 is 29.2 Å². The normalized spacial score (nSPS) is 45.1. The summed E-state index contributed by atoms with van der Waals surface area (Å²) in [4.78, 5) is 10.5. The van der Waals surface area contributed by atoms with Crippen molar-refractivity contribution in [3.05, 3.63) is 0 Å². The Labute approximate surface area is 73.7 Å². The summed E-state index contributed by atoms with van der Waals surface area (Å²) in [6, 6.07) is -0.546. The van der Waals surface area contributed by atoms with Crippen LogP contribution in [0.4, 0.5) is 0 Å². The highest BCUT2D eigenvalue weighted by atomic mass is 35.5.